The fourth-order valence-electron chi connectivity index (χ4n) is 2.05. The number of benzene rings is 2. The number of anilines is 1. The first kappa shape index (κ1) is 16.0. The Bertz CT molecular complexity index is 674. The van der Waals surface area contributed by atoms with Crippen LogP contribution in [0.2, 0.25) is 0 Å². The molecule has 2 rings (SSSR count). The van der Waals surface area contributed by atoms with Gasteiger partial charge in [0.1, 0.15) is 0 Å². The number of non-ortho nitro benzene ring substituents is 1. The van der Waals surface area contributed by atoms with E-state index in [2.05, 4.69) is 5.32 Å². The number of nitrogens with one attached hydrogen (secondary N) is 1. The molecule has 0 aliphatic carbocycles. The summed E-state index contributed by atoms with van der Waals surface area (Å²) < 4.78 is 0. The first-order valence-electron chi connectivity index (χ1n) is 6.81. The van der Waals surface area contributed by atoms with Gasteiger partial charge in [-0.05, 0) is 30.5 Å². The largest absolute Gasteiger partial charge is 0.321 e. The van der Waals surface area contributed by atoms with Crippen molar-refractivity contribution in [3.8, 4) is 0 Å². The Hall–Kier alpha value is -2.40. The van der Waals surface area contributed by atoms with Gasteiger partial charge in [0.2, 0.25) is 0 Å². The minimum absolute atomic E-state index is 0.0574. The van der Waals surface area contributed by atoms with Gasteiger partial charge in [-0.15, -0.1) is 11.6 Å². The molecule has 0 heterocycles. The third kappa shape index (κ3) is 4.05. The van der Waals surface area contributed by atoms with Crippen LogP contribution in [-0.4, -0.2) is 16.7 Å². The highest BCUT2D eigenvalue weighted by molar-refractivity contribution is 6.17. The van der Waals surface area contributed by atoms with E-state index in [1.807, 2.05) is 6.07 Å². The molecular formula is C16H15ClN2O3. The second-order valence-corrected chi connectivity index (χ2v) is 5.09. The van der Waals surface area contributed by atoms with Gasteiger partial charge < -0.3 is 5.32 Å². The molecule has 0 saturated heterocycles. The topological polar surface area (TPSA) is 72.2 Å². The molecule has 22 heavy (non-hydrogen) atoms. The maximum absolute atomic E-state index is 12.2. The molecule has 0 radical (unpaired) electrons. The zero-order valence-electron chi connectivity index (χ0n) is 11.8. The molecule has 2 aromatic rings. The maximum Gasteiger partial charge on any atom is 0.271 e. The molecule has 0 saturated carbocycles. The van der Waals surface area contributed by atoms with Gasteiger partial charge in [-0.25, -0.2) is 0 Å². The monoisotopic (exact) mass is 318 g/mol. The number of nitrogens with zero attached hydrogens (tertiary/aromatic N) is 1. The molecule has 0 atom stereocenters. The minimum Gasteiger partial charge on any atom is -0.321 e. The Morgan fingerprint density at radius 3 is 2.55 bits per heavy atom. The fourth-order valence-corrected chi connectivity index (χ4v) is 2.19. The third-order valence-corrected chi connectivity index (χ3v) is 3.44. The van der Waals surface area contributed by atoms with E-state index in [9.17, 15) is 14.9 Å². The van der Waals surface area contributed by atoms with E-state index in [-0.39, 0.29) is 11.6 Å². The normalized spacial score (nSPS) is 10.2. The van der Waals surface area contributed by atoms with Gasteiger partial charge in [0.05, 0.1) is 10.6 Å². The second-order valence-electron chi connectivity index (χ2n) is 4.71. The standard InChI is InChI=1S/C16H15ClN2O3/c17-10-4-7-12-8-9-14(19(21)22)11-15(12)18-16(20)13-5-2-1-3-6-13/h1-3,5-6,8-9,11H,4,7,10H2,(H,18,20). The molecule has 0 spiro atoms. The molecular weight excluding hydrogens is 304 g/mol. The number of hydrogen-bond donors (Lipinski definition) is 1. The zero-order chi connectivity index (χ0) is 15.9. The summed E-state index contributed by atoms with van der Waals surface area (Å²) in [5, 5.41) is 13.7. The van der Waals surface area contributed by atoms with Gasteiger partial charge >= 0.3 is 0 Å². The number of rotatable bonds is 6. The summed E-state index contributed by atoms with van der Waals surface area (Å²) in [7, 11) is 0. The average Bonchev–Trinajstić information content (AvgIpc) is 2.54. The summed E-state index contributed by atoms with van der Waals surface area (Å²) in [6.07, 6.45) is 1.37. The van der Waals surface area contributed by atoms with Gasteiger partial charge in [0.15, 0.2) is 0 Å². The fraction of sp³-hybridized carbons (Fsp3) is 0.188. The summed E-state index contributed by atoms with van der Waals surface area (Å²) >= 11 is 5.69. The summed E-state index contributed by atoms with van der Waals surface area (Å²) in [5.74, 6) is 0.191. The first-order valence-corrected chi connectivity index (χ1v) is 7.35. The Balaban J connectivity index is 2.28. The smallest absolute Gasteiger partial charge is 0.271 e. The van der Waals surface area contributed by atoms with Crippen LogP contribution >= 0.6 is 11.6 Å². The molecule has 0 unspecified atom stereocenters. The summed E-state index contributed by atoms with van der Waals surface area (Å²) in [6.45, 7) is 0. The number of hydrogen-bond acceptors (Lipinski definition) is 3. The third-order valence-electron chi connectivity index (χ3n) is 3.17. The van der Waals surface area contributed by atoms with Crippen molar-refractivity contribution in [3.05, 3.63) is 69.8 Å². The highest BCUT2D eigenvalue weighted by Crippen LogP contribution is 2.24. The van der Waals surface area contributed by atoms with Gasteiger partial charge in [-0.3, -0.25) is 14.9 Å². The number of aryl methyl sites for hydroxylation is 1. The van der Waals surface area contributed by atoms with Gasteiger partial charge in [0, 0.05) is 23.6 Å². The van der Waals surface area contributed by atoms with Crippen LogP contribution in [0.3, 0.4) is 0 Å². The molecule has 2 aromatic carbocycles. The van der Waals surface area contributed by atoms with Crippen molar-refractivity contribution < 1.29 is 9.72 Å². The van der Waals surface area contributed by atoms with Crippen LogP contribution in [0.4, 0.5) is 11.4 Å². The Kier molecular flexibility index (Phi) is 5.49. The average molecular weight is 319 g/mol. The number of alkyl halides is 1. The molecule has 114 valence electrons. The molecule has 6 heteroatoms. The predicted octanol–water partition coefficient (Wildman–Crippen LogP) is 4.02. The van der Waals surface area contributed by atoms with E-state index >= 15 is 0 Å². The predicted molar refractivity (Wildman–Crippen MR) is 86.5 cm³/mol. The number of nitro benzene ring substituents is 1. The van der Waals surface area contributed by atoms with Crippen molar-refractivity contribution in [2.45, 2.75) is 12.8 Å². The molecule has 0 aliphatic rings. The van der Waals surface area contributed by atoms with Crippen molar-refractivity contribution in [1.29, 1.82) is 0 Å². The number of halogens is 1. The molecule has 1 amide bonds. The second kappa shape index (κ2) is 7.56. The number of amides is 1. The summed E-state index contributed by atoms with van der Waals surface area (Å²) in [5.41, 5.74) is 1.72. The van der Waals surface area contributed by atoms with Crippen LogP contribution in [0.15, 0.2) is 48.5 Å². The van der Waals surface area contributed by atoms with E-state index in [4.69, 9.17) is 11.6 Å². The lowest BCUT2D eigenvalue weighted by Crippen LogP contribution is -2.13. The Morgan fingerprint density at radius 1 is 1.18 bits per heavy atom. The van der Waals surface area contributed by atoms with Gasteiger partial charge in [-0.2, -0.15) is 0 Å². The van der Waals surface area contributed by atoms with Crippen LogP contribution in [0.5, 0.6) is 0 Å². The molecule has 1 N–H and O–H groups in total. The first-order chi connectivity index (χ1) is 10.6. The molecule has 0 aliphatic heterocycles. The summed E-state index contributed by atoms with van der Waals surface area (Å²) in [6, 6.07) is 13.2. The van der Waals surface area contributed by atoms with Crippen molar-refractivity contribution in [2.75, 3.05) is 11.2 Å². The molecule has 5 nitrogen and oxygen atoms in total. The van der Waals surface area contributed by atoms with Crippen LogP contribution in [0.25, 0.3) is 0 Å². The van der Waals surface area contributed by atoms with Crippen molar-refractivity contribution in [3.63, 3.8) is 0 Å². The van der Waals surface area contributed by atoms with E-state index in [0.717, 1.165) is 12.0 Å². The maximum atomic E-state index is 12.2. The number of nitro groups is 1. The van der Waals surface area contributed by atoms with Crippen LogP contribution in [0.1, 0.15) is 22.3 Å². The van der Waals surface area contributed by atoms with Gasteiger partial charge in [0.25, 0.3) is 11.6 Å². The Labute approximate surface area is 133 Å². The van der Waals surface area contributed by atoms with Crippen LogP contribution in [-0.2, 0) is 6.42 Å². The highest BCUT2D eigenvalue weighted by Gasteiger charge is 2.13. The molecule has 0 bridgehead atoms. The quantitative estimate of drug-likeness (QED) is 0.496. The van der Waals surface area contributed by atoms with Crippen molar-refractivity contribution in [1.82, 2.24) is 0 Å². The molecule has 0 aromatic heterocycles. The minimum atomic E-state index is -0.483. The van der Waals surface area contributed by atoms with E-state index in [1.165, 1.54) is 12.1 Å². The van der Waals surface area contributed by atoms with Crippen molar-refractivity contribution in [2.24, 2.45) is 0 Å². The van der Waals surface area contributed by atoms with E-state index < -0.39 is 4.92 Å². The Morgan fingerprint density at radius 2 is 1.91 bits per heavy atom. The lowest BCUT2D eigenvalue weighted by atomic mass is 10.1. The molecule has 0 fully saturated rings. The van der Waals surface area contributed by atoms with Gasteiger partial charge in [-0.1, -0.05) is 24.3 Å². The van der Waals surface area contributed by atoms with Crippen LogP contribution in [0, 0.1) is 10.1 Å². The highest BCUT2D eigenvalue weighted by atomic mass is 35.5. The summed E-state index contributed by atoms with van der Waals surface area (Å²) in [4.78, 5) is 22.6. The lowest BCUT2D eigenvalue weighted by Gasteiger charge is -2.11. The lowest BCUT2D eigenvalue weighted by molar-refractivity contribution is -0.384. The van der Waals surface area contributed by atoms with Crippen molar-refractivity contribution >= 4 is 28.9 Å². The van der Waals surface area contributed by atoms with Crippen LogP contribution < -0.4 is 5.32 Å². The number of carbonyl (C=O) groups is 1. The zero-order valence-corrected chi connectivity index (χ0v) is 12.5. The van der Waals surface area contributed by atoms with E-state index in [0.29, 0.717) is 23.6 Å². The SMILES string of the molecule is O=C(Nc1cc([N+](=O)[O-])ccc1CCCCl)c1ccccc1. The number of carbonyl (C=O) groups excluding carboxylic acids is 1. The van der Waals surface area contributed by atoms with E-state index in [1.54, 1.807) is 30.3 Å².